The molecule has 180 valence electrons. The number of hydrogen-bond donors (Lipinski definition) is 5. The van der Waals surface area contributed by atoms with Gasteiger partial charge in [-0.1, -0.05) is 0 Å². The molecule has 33 heavy (non-hydrogen) atoms. The molecule has 3 rings (SSSR count). The first kappa shape index (κ1) is 25.9. The van der Waals surface area contributed by atoms with E-state index in [1.807, 2.05) is 12.1 Å². The summed E-state index contributed by atoms with van der Waals surface area (Å²) in [6, 6.07) is 7.05. The lowest BCUT2D eigenvalue weighted by molar-refractivity contribution is -0.170. The Morgan fingerprint density at radius 2 is 1.61 bits per heavy atom. The lowest BCUT2D eigenvalue weighted by Crippen LogP contribution is -2.42. The average molecular weight is 465 g/mol. The summed E-state index contributed by atoms with van der Waals surface area (Å²) < 4.78 is 15.2. The monoisotopic (exact) mass is 465 g/mol. The number of fused-ring (bicyclic) bond motifs is 1. The predicted octanol–water partition coefficient (Wildman–Crippen LogP) is 1.71. The summed E-state index contributed by atoms with van der Waals surface area (Å²) in [4.78, 5) is 30.5. The summed E-state index contributed by atoms with van der Waals surface area (Å²) in [5, 5.41) is 42.0. The highest BCUT2D eigenvalue weighted by molar-refractivity contribution is 5.88. The highest BCUT2D eigenvalue weighted by Crippen LogP contribution is 2.30. The van der Waals surface area contributed by atoms with Crippen molar-refractivity contribution in [1.82, 2.24) is 15.1 Å². The van der Waals surface area contributed by atoms with Crippen molar-refractivity contribution in [2.75, 3.05) is 13.1 Å². The molecule has 0 amide bonds. The molecule has 0 saturated carbocycles. The third kappa shape index (κ3) is 6.83. The number of carbonyl (C=O) groups is 3. The van der Waals surface area contributed by atoms with E-state index in [2.05, 4.69) is 23.8 Å². The van der Waals surface area contributed by atoms with E-state index in [0.29, 0.717) is 6.04 Å². The Morgan fingerprint density at radius 3 is 2.09 bits per heavy atom. The minimum Gasteiger partial charge on any atom is -0.481 e. The molecular formula is C22H28FN3O7. The van der Waals surface area contributed by atoms with Crippen molar-refractivity contribution in [1.29, 1.82) is 0 Å². The van der Waals surface area contributed by atoms with Crippen molar-refractivity contribution < 1.29 is 39.2 Å². The zero-order valence-electron chi connectivity index (χ0n) is 18.4. The maximum atomic E-state index is 13.2. The van der Waals surface area contributed by atoms with E-state index in [1.165, 1.54) is 23.4 Å². The van der Waals surface area contributed by atoms with Crippen molar-refractivity contribution in [2.45, 2.75) is 51.2 Å². The van der Waals surface area contributed by atoms with Crippen LogP contribution < -0.4 is 5.32 Å². The number of benzene rings is 1. The zero-order valence-corrected chi connectivity index (χ0v) is 18.4. The van der Waals surface area contributed by atoms with Gasteiger partial charge in [0.15, 0.2) is 5.60 Å². The number of carboxylic acid groups (broad SMARTS) is 3. The fourth-order valence-electron chi connectivity index (χ4n) is 3.53. The van der Waals surface area contributed by atoms with Gasteiger partial charge in [-0.3, -0.25) is 14.3 Å². The molecule has 0 aliphatic carbocycles. The first-order chi connectivity index (χ1) is 15.4. The van der Waals surface area contributed by atoms with Crippen LogP contribution in [0, 0.1) is 5.82 Å². The highest BCUT2D eigenvalue weighted by atomic mass is 19.1. The smallest absolute Gasteiger partial charge is 0.336 e. The fraction of sp³-hybridized carbons (Fsp3) is 0.455. The van der Waals surface area contributed by atoms with Crippen LogP contribution >= 0.6 is 0 Å². The van der Waals surface area contributed by atoms with E-state index < -0.39 is 36.4 Å². The number of nitrogens with one attached hydrogen (secondary N) is 1. The Labute approximate surface area is 189 Å². The molecule has 0 spiro atoms. The number of aliphatic hydroxyl groups is 1. The highest BCUT2D eigenvalue weighted by Gasteiger charge is 2.40. The molecule has 5 N–H and O–H groups in total. The quantitative estimate of drug-likeness (QED) is 0.410. The molecule has 0 atom stereocenters. The van der Waals surface area contributed by atoms with Crippen LogP contribution in [-0.2, 0) is 27.2 Å². The van der Waals surface area contributed by atoms with Crippen LogP contribution in [0.15, 0.2) is 24.3 Å². The molecule has 11 heteroatoms. The second-order valence-electron chi connectivity index (χ2n) is 8.05. The summed E-state index contributed by atoms with van der Waals surface area (Å²) >= 11 is 0. The number of rotatable bonds is 7. The average Bonchev–Trinajstić information content (AvgIpc) is 2.91. The van der Waals surface area contributed by atoms with E-state index in [0.717, 1.165) is 37.2 Å². The molecule has 2 heterocycles. The third-order valence-corrected chi connectivity index (χ3v) is 5.07. The number of carboxylic acids is 3. The van der Waals surface area contributed by atoms with Crippen LogP contribution in [0.1, 0.15) is 44.0 Å². The van der Waals surface area contributed by atoms with Gasteiger partial charge in [-0.05, 0) is 51.1 Å². The van der Waals surface area contributed by atoms with Crippen LogP contribution in [0.25, 0.3) is 11.3 Å². The molecule has 0 bridgehead atoms. The van der Waals surface area contributed by atoms with Crippen LogP contribution in [0.5, 0.6) is 0 Å². The lowest BCUT2D eigenvalue weighted by atomic mass is 9.96. The summed E-state index contributed by atoms with van der Waals surface area (Å²) in [5.74, 6) is -5.22. The Morgan fingerprint density at radius 1 is 1.06 bits per heavy atom. The van der Waals surface area contributed by atoms with Crippen molar-refractivity contribution >= 4 is 17.9 Å². The Kier molecular flexibility index (Phi) is 8.66. The van der Waals surface area contributed by atoms with E-state index >= 15 is 0 Å². The molecule has 1 aliphatic heterocycles. The summed E-state index contributed by atoms with van der Waals surface area (Å²) in [5.41, 5.74) is 1.96. The molecule has 0 radical (unpaired) electrons. The number of aromatic nitrogens is 2. The lowest BCUT2D eigenvalue weighted by Gasteiger charge is -2.18. The van der Waals surface area contributed by atoms with E-state index in [-0.39, 0.29) is 5.82 Å². The molecule has 1 aromatic heterocycles. The maximum absolute atomic E-state index is 13.2. The summed E-state index contributed by atoms with van der Waals surface area (Å²) in [7, 11) is 0. The predicted molar refractivity (Wildman–Crippen MR) is 115 cm³/mol. The van der Waals surface area contributed by atoms with Crippen molar-refractivity contribution in [3.05, 3.63) is 41.3 Å². The van der Waals surface area contributed by atoms with Gasteiger partial charge in [0, 0.05) is 30.1 Å². The molecule has 2 aromatic rings. The second-order valence-corrected chi connectivity index (χ2v) is 8.05. The molecule has 0 fully saturated rings. The molecule has 10 nitrogen and oxygen atoms in total. The largest absolute Gasteiger partial charge is 0.481 e. The Hall–Kier alpha value is -3.31. The van der Waals surface area contributed by atoms with Gasteiger partial charge < -0.3 is 25.7 Å². The van der Waals surface area contributed by atoms with Gasteiger partial charge in [-0.2, -0.15) is 5.10 Å². The normalized spacial score (nSPS) is 13.5. The van der Waals surface area contributed by atoms with Crippen molar-refractivity contribution in [3.8, 4) is 11.3 Å². The van der Waals surface area contributed by atoms with Gasteiger partial charge in [-0.15, -0.1) is 0 Å². The standard InChI is InChI=1S/C16H20FN3.C6H8O7/c1-11(2)20-16(12-3-5-13(17)6-4-12)14-7-9-18-10-8-15(14)19-20;7-3(8)1-6(13,5(11)12)2-4(9)10/h3-6,11,18H,7-10H2,1-2H3;13H,1-2H2,(H,7,8)(H,9,10)(H,11,12). The van der Waals surface area contributed by atoms with Crippen LogP contribution in [0.3, 0.4) is 0 Å². The van der Waals surface area contributed by atoms with Crippen LogP contribution in [-0.4, -0.2) is 66.8 Å². The topological polar surface area (TPSA) is 162 Å². The van der Waals surface area contributed by atoms with Gasteiger partial charge >= 0.3 is 17.9 Å². The van der Waals surface area contributed by atoms with Gasteiger partial charge in [0.2, 0.25) is 0 Å². The first-order valence-corrected chi connectivity index (χ1v) is 10.4. The van der Waals surface area contributed by atoms with Crippen molar-refractivity contribution in [2.24, 2.45) is 0 Å². The summed E-state index contributed by atoms with van der Waals surface area (Å²) in [6.07, 6.45) is -0.346. The minimum atomic E-state index is -2.74. The Balaban J connectivity index is 0.000000260. The third-order valence-electron chi connectivity index (χ3n) is 5.07. The second kappa shape index (κ2) is 11.0. The summed E-state index contributed by atoms with van der Waals surface area (Å²) in [6.45, 7) is 6.23. The minimum absolute atomic E-state index is 0.197. The van der Waals surface area contributed by atoms with E-state index in [4.69, 9.17) is 25.5 Å². The zero-order chi connectivity index (χ0) is 24.8. The number of aliphatic carboxylic acids is 3. The van der Waals surface area contributed by atoms with Gasteiger partial charge in [0.1, 0.15) is 5.82 Å². The maximum Gasteiger partial charge on any atom is 0.336 e. The van der Waals surface area contributed by atoms with E-state index in [9.17, 15) is 18.8 Å². The molecule has 0 unspecified atom stereocenters. The van der Waals surface area contributed by atoms with E-state index in [1.54, 1.807) is 0 Å². The molecule has 0 saturated heterocycles. The van der Waals surface area contributed by atoms with Crippen LogP contribution in [0.4, 0.5) is 4.39 Å². The number of nitrogens with zero attached hydrogens (tertiary/aromatic N) is 2. The Bertz CT molecular complexity index is 986. The number of halogens is 1. The molecular weight excluding hydrogens is 437 g/mol. The van der Waals surface area contributed by atoms with Gasteiger partial charge in [0.25, 0.3) is 0 Å². The van der Waals surface area contributed by atoms with Crippen molar-refractivity contribution in [3.63, 3.8) is 0 Å². The van der Waals surface area contributed by atoms with Crippen LogP contribution in [0.2, 0.25) is 0 Å². The SMILES string of the molecule is CC(C)n1nc2c(c1-c1ccc(F)cc1)CCNCC2.O=C(O)CC(O)(CC(=O)O)C(=O)O. The molecule has 1 aliphatic rings. The first-order valence-electron chi connectivity index (χ1n) is 10.4. The van der Waals surface area contributed by atoms with Gasteiger partial charge in [0.05, 0.1) is 24.2 Å². The molecule has 1 aromatic carbocycles. The van der Waals surface area contributed by atoms with Gasteiger partial charge in [-0.25, -0.2) is 9.18 Å². The fourth-order valence-corrected chi connectivity index (χ4v) is 3.53. The number of hydrogen-bond acceptors (Lipinski definition) is 6.